The normalized spacial score (nSPS) is 11.9. The zero-order valence-corrected chi connectivity index (χ0v) is 15.0. The van der Waals surface area contributed by atoms with Crippen molar-refractivity contribution in [2.75, 3.05) is 14.2 Å². The Morgan fingerprint density at radius 1 is 1.23 bits per heavy atom. The van der Waals surface area contributed by atoms with Gasteiger partial charge in [-0.2, -0.15) is 4.31 Å². The van der Waals surface area contributed by atoms with Crippen molar-refractivity contribution in [2.45, 2.75) is 32.2 Å². The number of hydrogen-bond acceptors (Lipinski definition) is 5. The van der Waals surface area contributed by atoms with Crippen molar-refractivity contribution in [2.24, 2.45) is 0 Å². The predicted octanol–water partition coefficient (Wildman–Crippen LogP) is 2.90. The van der Waals surface area contributed by atoms with E-state index in [0.29, 0.717) is 6.54 Å². The van der Waals surface area contributed by atoms with E-state index in [1.54, 1.807) is 32.5 Å². The number of methoxy groups -OCH3 is 1. The molecule has 0 saturated heterocycles. The van der Waals surface area contributed by atoms with Crippen molar-refractivity contribution in [3.05, 3.63) is 39.3 Å². The summed E-state index contributed by atoms with van der Waals surface area (Å²) in [4.78, 5) is 5.36. The number of benzene rings is 1. The minimum absolute atomic E-state index is 0.284. The molecule has 0 amide bonds. The SMILES string of the molecule is COc1c(C)cc(S(=O)(=O)N(C)Cc2cnc(C)s2)cc1C. The van der Waals surface area contributed by atoms with E-state index in [0.717, 1.165) is 26.8 Å². The molecule has 5 nitrogen and oxygen atoms in total. The fraction of sp³-hybridized carbons (Fsp3) is 0.400. The molecule has 0 bridgehead atoms. The van der Waals surface area contributed by atoms with Gasteiger partial charge in [0.25, 0.3) is 0 Å². The van der Waals surface area contributed by atoms with Crippen LogP contribution in [0.2, 0.25) is 0 Å². The van der Waals surface area contributed by atoms with E-state index in [1.807, 2.05) is 20.8 Å². The fourth-order valence-corrected chi connectivity index (χ4v) is 4.59. The molecule has 22 heavy (non-hydrogen) atoms. The summed E-state index contributed by atoms with van der Waals surface area (Å²) in [6, 6.07) is 3.30. The number of thiazole rings is 1. The molecule has 0 radical (unpaired) electrons. The van der Waals surface area contributed by atoms with Crippen LogP contribution in [0, 0.1) is 20.8 Å². The molecule has 0 unspecified atom stereocenters. The number of rotatable bonds is 5. The van der Waals surface area contributed by atoms with Gasteiger partial charge < -0.3 is 4.74 Å². The summed E-state index contributed by atoms with van der Waals surface area (Å²) in [6.07, 6.45) is 1.72. The first-order valence-corrected chi connectivity index (χ1v) is 9.04. The quantitative estimate of drug-likeness (QED) is 0.840. The molecule has 0 aliphatic rings. The van der Waals surface area contributed by atoms with Gasteiger partial charge in [0.1, 0.15) is 5.75 Å². The van der Waals surface area contributed by atoms with Crippen LogP contribution in [0.25, 0.3) is 0 Å². The minimum atomic E-state index is -3.54. The van der Waals surface area contributed by atoms with Gasteiger partial charge in [-0.05, 0) is 44.0 Å². The Hall–Kier alpha value is -1.44. The van der Waals surface area contributed by atoms with Gasteiger partial charge in [0.2, 0.25) is 10.0 Å². The standard InChI is InChI=1S/C15H20N2O3S2/c1-10-6-14(7-11(2)15(10)20-5)22(18,19)17(4)9-13-8-16-12(3)21-13/h6-8H,9H2,1-5H3. The van der Waals surface area contributed by atoms with Crippen molar-refractivity contribution < 1.29 is 13.2 Å². The molecule has 120 valence electrons. The monoisotopic (exact) mass is 340 g/mol. The largest absolute Gasteiger partial charge is 0.496 e. The van der Waals surface area contributed by atoms with Crippen molar-refractivity contribution in [1.82, 2.24) is 9.29 Å². The lowest BCUT2D eigenvalue weighted by Gasteiger charge is -2.18. The average molecular weight is 340 g/mol. The maximum Gasteiger partial charge on any atom is 0.243 e. The first-order valence-electron chi connectivity index (χ1n) is 6.78. The Labute approximate surface area is 135 Å². The summed E-state index contributed by atoms with van der Waals surface area (Å²) >= 11 is 1.50. The Balaban J connectivity index is 2.33. The zero-order chi connectivity index (χ0) is 16.5. The molecule has 1 aromatic carbocycles. The molecule has 1 aromatic heterocycles. The first kappa shape index (κ1) is 16.9. The van der Waals surface area contributed by atoms with Crippen molar-refractivity contribution >= 4 is 21.4 Å². The molecule has 0 saturated carbocycles. The van der Waals surface area contributed by atoms with Crippen LogP contribution >= 0.6 is 11.3 Å². The lowest BCUT2D eigenvalue weighted by Crippen LogP contribution is -2.26. The molecule has 0 aliphatic heterocycles. The van der Waals surface area contributed by atoms with E-state index in [-0.39, 0.29) is 4.90 Å². The molecule has 1 heterocycles. The lowest BCUT2D eigenvalue weighted by atomic mass is 10.1. The third kappa shape index (κ3) is 3.31. The van der Waals surface area contributed by atoms with Gasteiger partial charge in [-0.3, -0.25) is 0 Å². The maximum absolute atomic E-state index is 12.7. The molecule has 0 atom stereocenters. The Kier molecular flexibility index (Phi) is 4.89. The number of sulfonamides is 1. The second kappa shape index (κ2) is 6.36. The third-order valence-electron chi connectivity index (χ3n) is 3.39. The highest BCUT2D eigenvalue weighted by Crippen LogP contribution is 2.28. The van der Waals surface area contributed by atoms with Gasteiger partial charge in [0, 0.05) is 24.7 Å². The zero-order valence-electron chi connectivity index (χ0n) is 13.4. The van der Waals surface area contributed by atoms with Gasteiger partial charge in [0.15, 0.2) is 0 Å². The maximum atomic E-state index is 12.7. The topological polar surface area (TPSA) is 59.5 Å². The van der Waals surface area contributed by atoms with E-state index in [2.05, 4.69) is 4.98 Å². The van der Waals surface area contributed by atoms with Crippen molar-refractivity contribution in [3.8, 4) is 5.75 Å². The highest BCUT2D eigenvalue weighted by atomic mass is 32.2. The highest BCUT2D eigenvalue weighted by Gasteiger charge is 2.23. The van der Waals surface area contributed by atoms with E-state index < -0.39 is 10.0 Å². The summed E-state index contributed by atoms with van der Waals surface area (Å²) < 4.78 is 32.1. The predicted molar refractivity (Wildman–Crippen MR) is 88.0 cm³/mol. The van der Waals surface area contributed by atoms with Crippen LogP contribution in [-0.4, -0.2) is 31.9 Å². The lowest BCUT2D eigenvalue weighted by molar-refractivity contribution is 0.408. The van der Waals surface area contributed by atoms with Crippen LogP contribution in [0.3, 0.4) is 0 Å². The van der Waals surface area contributed by atoms with E-state index in [1.165, 1.54) is 15.6 Å². The number of aromatic nitrogens is 1. The van der Waals surface area contributed by atoms with Crippen LogP contribution in [0.4, 0.5) is 0 Å². The van der Waals surface area contributed by atoms with E-state index in [4.69, 9.17) is 4.74 Å². The fourth-order valence-electron chi connectivity index (χ4n) is 2.34. The highest BCUT2D eigenvalue weighted by molar-refractivity contribution is 7.89. The summed E-state index contributed by atoms with van der Waals surface area (Å²) in [5.74, 6) is 0.722. The summed E-state index contributed by atoms with van der Waals surface area (Å²) in [6.45, 7) is 5.91. The number of ether oxygens (including phenoxy) is 1. The molecule has 7 heteroatoms. The van der Waals surface area contributed by atoms with Crippen LogP contribution in [0.5, 0.6) is 5.75 Å². The van der Waals surface area contributed by atoms with E-state index in [9.17, 15) is 8.42 Å². The van der Waals surface area contributed by atoms with Crippen molar-refractivity contribution in [3.63, 3.8) is 0 Å². The molecule has 0 fully saturated rings. The number of aryl methyl sites for hydroxylation is 3. The average Bonchev–Trinajstić information content (AvgIpc) is 2.83. The summed E-state index contributed by atoms with van der Waals surface area (Å²) in [7, 11) is -0.374. The molecule has 0 aliphatic carbocycles. The molecule has 0 N–H and O–H groups in total. The Morgan fingerprint density at radius 2 is 1.82 bits per heavy atom. The van der Waals surface area contributed by atoms with Crippen molar-refractivity contribution in [1.29, 1.82) is 0 Å². The second-order valence-corrected chi connectivity index (χ2v) is 8.56. The smallest absolute Gasteiger partial charge is 0.243 e. The van der Waals surface area contributed by atoms with Gasteiger partial charge in [-0.25, -0.2) is 13.4 Å². The molecular formula is C15H20N2O3S2. The van der Waals surface area contributed by atoms with Gasteiger partial charge in [0.05, 0.1) is 17.0 Å². The van der Waals surface area contributed by atoms with Gasteiger partial charge in [-0.1, -0.05) is 0 Å². The van der Waals surface area contributed by atoms with Crippen LogP contribution in [0.1, 0.15) is 21.0 Å². The second-order valence-electron chi connectivity index (χ2n) is 5.20. The van der Waals surface area contributed by atoms with E-state index >= 15 is 0 Å². The number of nitrogens with zero attached hydrogens (tertiary/aromatic N) is 2. The minimum Gasteiger partial charge on any atom is -0.496 e. The summed E-state index contributed by atoms with van der Waals surface area (Å²) in [5.41, 5.74) is 1.62. The first-order chi connectivity index (χ1) is 10.3. The third-order valence-corrected chi connectivity index (χ3v) is 6.07. The van der Waals surface area contributed by atoms with Gasteiger partial charge >= 0.3 is 0 Å². The van der Waals surface area contributed by atoms with Crippen LogP contribution < -0.4 is 4.74 Å². The Morgan fingerprint density at radius 3 is 2.27 bits per heavy atom. The summed E-state index contributed by atoms with van der Waals surface area (Å²) in [5, 5.41) is 0.928. The molecule has 0 spiro atoms. The number of hydrogen-bond donors (Lipinski definition) is 0. The Bertz CT molecular complexity index is 759. The van der Waals surface area contributed by atoms with Gasteiger partial charge in [-0.15, -0.1) is 11.3 Å². The molecule has 2 aromatic rings. The van der Waals surface area contributed by atoms with Crippen LogP contribution in [0.15, 0.2) is 23.2 Å². The molecular weight excluding hydrogens is 320 g/mol. The van der Waals surface area contributed by atoms with Crippen LogP contribution in [-0.2, 0) is 16.6 Å². The molecule has 2 rings (SSSR count).